The van der Waals surface area contributed by atoms with Gasteiger partial charge in [0.2, 0.25) is 0 Å². The van der Waals surface area contributed by atoms with E-state index in [0.29, 0.717) is 0 Å². The molecule has 0 fully saturated rings. The van der Waals surface area contributed by atoms with Crippen LogP contribution < -0.4 is 0 Å². The number of carbonyl (C=O) groups excluding carboxylic acids is 3. The predicted octanol–water partition coefficient (Wildman–Crippen LogP) is 2.14. The molecule has 10 nitrogen and oxygen atoms in total. The second kappa shape index (κ2) is 10.5. The Morgan fingerprint density at radius 1 is 0.943 bits per heavy atom. The van der Waals surface area contributed by atoms with Crippen molar-refractivity contribution in [2.24, 2.45) is 5.92 Å². The zero-order chi connectivity index (χ0) is 25.8. The van der Waals surface area contributed by atoms with Crippen LogP contribution in [0.4, 0.5) is 0 Å². The average molecular weight is 483 g/mol. The molecule has 0 spiro atoms. The predicted molar refractivity (Wildman–Crippen MR) is 121 cm³/mol. The molecular weight excluding hydrogens is 458 g/mol. The molecule has 0 aromatic heterocycles. The minimum atomic E-state index is -2.60. The summed E-state index contributed by atoms with van der Waals surface area (Å²) >= 11 is 0. The Labute approximate surface area is 201 Å². The number of carbonyl (C=O) groups is 3. The SMILES string of the molecule is CCOC(=O)[C@H]1C(C(=O)OC)=C(C(=O)OC)[C@@H](c2ccccc2)[C@H]([N+](=O)[O-])[C@@]1(O)c1ccccc1. The van der Waals surface area contributed by atoms with Crippen LogP contribution in [0.5, 0.6) is 0 Å². The van der Waals surface area contributed by atoms with Crippen LogP contribution in [0, 0.1) is 16.0 Å². The Kier molecular flexibility index (Phi) is 7.65. The number of hydrogen-bond acceptors (Lipinski definition) is 9. The van der Waals surface area contributed by atoms with Crippen LogP contribution in [0.3, 0.4) is 0 Å². The maximum Gasteiger partial charge on any atom is 0.335 e. The number of rotatable bonds is 7. The summed E-state index contributed by atoms with van der Waals surface area (Å²) in [6, 6.07) is 13.4. The number of ether oxygens (including phenoxy) is 3. The highest BCUT2D eigenvalue weighted by molar-refractivity contribution is 6.06. The molecule has 2 aromatic rings. The van der Waals surface area contributed by atoms with E-state index in [9.17, 15) is 29.6 Å². The summed E-state index contributed by atoms with van der Waals surface area (Å²) in [4.78, 5) is 51.4. The van der Waals surface area contributed by atoms with Crippen LogP contribution in [0.15, 0.2) is 71.8 Å². The van der Waals surface area contributed by atoms with Crippen LogP contribution in [-0.4, -0.2) is 54.8 Å². The van der Waals surface area contributed by atoms with Gasteiger partial charge >= 0.3 is 17.9 Å². The standard InChI is InChI=1S/C25H25NO9/c1-4-35-24(29)20-19(23(28)34-3)18(22(27)33-2)17(15-11-7-5-8-12-15)21(26(31)32)25(20,30)16-13-9-6-10-14-16/h5-14,17,20-21,30H,4H2,1-3H3/t17-,20-,21+,25-/m1/s1. The van der Waals surface area contributed by atoms with E-state index in [4.69, 9.17) is 14.2 Å². The summed E-state index contributed by atoms with van der Waals surface area (Å²) in [7, 11) is 2.08. The lowest BCUT2D eigenvalue weighted by molar-refractivity contribution is -0.554. The second-order valence-electron chi connectivity index (χ2n) is 7.81. The van der Waals surface area contributed by atoms with Gasteiger partial charge in [-0.15, -0.1) is 0 Å². The molecule has 0 saturated heterocycles. The van der Waals surface area contributed by atoms with E-state index in [2.05, 4.69) is 0 Å². The molecule has 0 amide bonds. The molecule has 10 heteroatoms. The van der Waals surface area contributed by atoms with Crippen LogP contribution in [0.1, 0.15) is 24.0 Å². The number of aliphatic hydroxyl groups is 1. The Bertz CT molecular complexity index is 1150. The van der Waals surface area contributed by atoms with Gasteiger partial charge in [0, 0.05) is 4.92 Å². The molecule has 1 aliphatic carbocycles. The average Bonchev–Trinajstić information content (AvgIpc) is 2.87. The van der Waals surface area contributed by atoms with Crippen molar-refractivity contribution in [3.05, 3.63) is 93.1 Å². The van der Waals surface area contributed by atoms with Crippen LogP contribution in [0.2, 0.25) is 0 Å². The van der Waals surface area contributed by atoms with E-state index in [0.717, 1.165) is 14.2 Å². The van der Waals surface area contributed by atoms with Crippen molar-refractivity contribution in [1.29, 1.82) is 0 Å². The summed E-state index contributed by atoms with van der Waals surface area (Å²) in [5, 5.41) is 24.9. The first kappa shape index (κ1) is 25.6. The van der Waals surface area contributed by atoms with Crippen molar-refractivity contribution < 1.29 is 38.6 Å². The number of benzene rings is 2. The van der Waals surface area contributed by atoms with Crippen molar-refractivity contribution in [1.82, 2.24) is 0 Å². The summed E-state index contributed by atoms with van der Waals surface area (Å²) < 4.78 is 14.9. The Morgan fingerprint density at radius 2 is 1.46 bits per heavy atom. The highest BCUT2D eigenvalue weighted by atomic mass is 16.6. The van der Waals surface area contributed by atoms with Crippen LogP contribution >= 0.6 is 0 Å². The fourth-order valence-electron chi connectivity index (χ4n) is 4.67. The first-order valence-electron chi connectivity index (χ1n) is 10.8. The summed E-state index contributed by atoms with van der Waals surface area (Å²) in [6.07, 6.45) is 0. The van der Waals surface area contributed by atoms with Gasteiger partial charge in [-0.2, -0.15) is 0 Å². The van der Waals surface area contributed by atoms with Gasteiger partial charge in [0.25, 0.3) is 6.04 Å². The quantitative estimate of drug-likeness (QED) is 0.271. The molecule has 1 N–H and O–H groups in total. The van der Waals surface area contributed by atoms with Crippen LogP contribution in [-0.2, 0) is 34.2 Å². The van der Waals surface area contributed by atoms with E-state index in [1.807, 2.05) is 0 Å². The monoisotopic (exact) mass is 483 g/mol. The topological polar surface area (TPSA) is 142 Å². The maximum atomic E-state index is 13.3. The zero-order valence-corrected chi connectivity index (χ0v) is 19.4. The number of hydrogen-bond donors (Lipinski definition) is 1. The first-order chi connectivity index (χ1) is 16.7. The molecule has 0 radical (unpaired) electrons. The number of esters is 3. The third-order valence-corrected chi connectivity index (χ3v) is 6.05. The van der Waals surface area contributed by atoms with Crippen molar-refractivity contribution in [3.63, 3.8) is 0 Å². The van der Waals surface area contributed by atoms with Crippen molar-refractivity contribution in [2.45, 2.75) is 24.5 Å². The molecule has 2 aromatic carbocycles. The fourth-order valence-corrected chi connectivity index (χ4v) is 4.67. The molecule has 0 heterocycles. The van der Waals surface area contributed by atoms with E-state index in [1.165, 1.54) is 43.3 Å². The fraction of sp³-hybridized carbons (Fsp3) is 0.320. The number of nitro groups is 1. The second-order valence-corrected chi connectivity index (χ2v) is 7.81. The Hall–Kier alpha value is -4.05. The normalized spacial score (nSPS) is 23.8. The van der Waals surface area contributed by atoms with Gasteiger partial charge in [0.15, 0.2) is 5.60 Å². The first-order valence-corrected chi connectivity index (χ1v) is 10.8. The molecule has 3 rings (SSSR count). The molecule has 1 aliphatic rings. The van der Waals surface area contributed by atoms with Crippen LogP contribution in [0.25, 0.3) is 0 Å². The van der Waals surface area contributed by atoms with Gasteiger partial charge in [-0.1, -0.05) is 60.7 Å². The summed E-state index contributed by atoms with van der Waals surface area (Å²) in [5.41, 5.74) is -3.36. The van der Waals surface area contributed by atoms with E-state index in [-0.39, 0.29) is 17.7 Å². The van der Waals surface area contributed by atoms with Crippen molar-refractivity contribution in [3.8, 4) is 0 Å². The third kappa shape index (κ3) is 4.40. The number of methoxy groups -OCH3 is 2. The van der Waals surface area contributed by atoms with Gasteiger partial charge < -0.3 is 19.3 Å². The highest BCUT2D eigenvalue weighted by Gasteiger charge is 2.67. The molecule has 184 valence electrons. The smallest absolute Gasteiger partial charge is 0.335 e. The van der Waals surface area contributed by atoms with E-state index in [1.54, 1.807) is 24.3 Å². The summed E-state index contributed by atoms with van der Waals surface area (Å²) in [6.45, 7) is 1.36. The lowest BCUT2D eigenvalue weighted by Gasteiger charge is -2.44. The minimum Gasteiger partial charge on any atom is -0.466 e. The molecule has 35 heavy (non-hydrogen) atoms. The molecule has 0 aliphatic heterocycles. The number of nitrogens with zero attached hydrogens (tertiary/aromatic N) is 1. The Balaban J connectivity index is 2.56. The van der Waals surface area contributed by atoms with E-state index < -0.39 is 57.5 Å². The molecular formula is C25H25NO9. The molecule has 4 atom stereocenters. The minimum absolute atomic E-state index is 0.00833. The van der Waals surface area contributed by atoms with Gasteiger partial charge in [-0.3, -0.25) is 14.9 Å². The maximum absolute atomic E-state index is 13.3. The molecule has 0 bridgehead atoms. The molecule has 0 saturated carbocycles. The van der Waals surface area contributed by atoms with Gasteiger partial charge in [0.05, 0.1) is 37.9 Å². The van der Waals surface area contributed by atoms with Gasteiger partial charge in [-0.05, 0) is 18.1 Å². The summed E-state index contributed by atoms with van der Waals surface area (Å²) in [5.74, 6) is -6.75. The van der Waals surface area contributed by atoms with E-state index >= 15 is 0 Å². The van der Waals surface area contributed by atoms with Gasteiger partial charge in [-0.25, -0.2) is 9.59 Å². The van der Waals surface area contributed by atoms with Crippen molar-refractivity contribution >= 4 is 17.9 Å². The highest BCUT2D eigenvalue weighted by Crippen LogP contribution is 2.52. The lowest BCUT2D eigenvalue weighted by atomic mass is 9.60. The lowest BCUT2D eigenvalue weighted by Crippen LogP contribution is -2.60. The Morgan fingerprint density at radius 3 is 1.94 bits per heavy atom. The third-order valence-electron chi connectivity index (χ3n) is 6.05. The zero-order valence-electron chi connectivity index (χ0n) is 19.4. The molecule has 0 unspecified atom stereocenters. The largest absolute Gasteiger partial charge is 0.466 e. The van der Waals surface area contributed by atoms with Crippen molar-refractivity contribution in [2.75, 3.05) is 20.8 Å². The van der Waals surface area contributed by atoms with Gasteiger partial charge in [0.1, 0.15) is 5.92 Å².